The van der Waals surface area contributed by atoms with Crippen molar-refractivity contribution in [3.05, 3.63) is 35.9 Å². The van der Waals surface area contributed by atoms with Gasteiger partial charge in [-0.2, -0.15) is 0 Å². The Morgan fingerprint density at radius 3 is 1.88 bits per heavy atom. The summed E-state index contributed by atoms with van der Waals surface area (Å²) in [5.74, 6) is -1.06. The Labute approximate surface area is 145 Å². The zero-order valence-corrected chi connectivity index (χ0v) is 16.0. The lowest BCUT2D eigenvalue weighted by molar-refractivity contribution is -0.326. The van der Waals surface area contributed by atoms with Crippen molar-refractivity contribution in [1.29, 1.82) is 0 Å². The monoisotopic (exact) mass is 356 g/mol. The molecule has 1 aromatic carbocycles. The van der Waals surface area contributed by atoms with E-state index in [0.29, 0.717) is 19.6 Å². The van der Waals surface area contributed by atoms with Crippen LogP contribution in [0.5, 0.6) is 0 Å². The molecule has 0 spiro atoms. The Kier molecular flexibility index (Phi) is 8.10. The first kappa shape index (κ1) is 21.3. The first-order valence-corrected chi connectivity index (χ1v) is 10.2. The molecule has 0 saturated carbocycles. The summed E-state index contributed by atoms with van der Waals surface area (Å²) in [7, 11) is -4.89. The lowest BCUT2D eigenvalue weighted by atomic mass is 9.87. The minimum atomic E-state index is -4.89. The van der Waals surface area contributed by atoms with Crippen LogP contribution in [0.2, 0.25) is 0 Å². The van der Waals surface area contributed by atoms with Gasteiger partial charge in [-0.1, -0.05) is 51.8 Å². The molecule has 0 N–H and O–H groups in total. The largest absolute Gasteiger partial charge is 0.810 e. The van der Waals surface area contributed by atoms with Gasteiger partial charge in [-0.25, -0.2) is 0 Å². The number of hydrogen-bond acceptors (Lipinski definition) is 5. The van der Waals surface area contributed by atoms with Gasteiger partial charge in [0.1, 0.15) is 0 Å². The summed E-state index contributed by atoms with van der Waals surface area (Å²) in [4.78, 5) is 24.5. The number of ether oxygens (including phenoxy) is 2. The Morgan fingerprint density at radius 2 is 1.50 bits per heavy atom. The van der Waals surface area contributed by atoms with Gasteiger partial charge < -0.3 is 23.8 Å². The highest BCUT2D eigenvalue weighted by Gasteiger charge is 2.43. The third kappa shape index (κ3) is 5.14. The molecule has 0 aromatic heterocycles. The van der Waals surface area contributed by atoms with E-state index in [9.17, 15) is 14.4 Å². The molecule has 138 valence electrons. The van der Waals surface area contributed by atoms with Crippen LogP contribution in [0.25, 0.3) is 0 Å². The molecule has 1 atom stereocenters. The molecule has 0 aliphatic rings. The van der Waals surface area contributed by atoms with Crippen molar-refractivity contribution < 1.29 is 23.8 Å². The van der Waals surface area contributed by atoms with Crippen LogP contribution in [0.15, 0.2) is 30.3 Å². The zero-order chi connectivity index (χ0) is 18.3. The van der Waals surface area contributed by atoms with Gasteiger partial charge in [0, 0.05) is 24.8 Å². The second-order valence-corrected chi connectivity index (χ2v) is 7.99. The molecule has 0 amide bonds. The standard InChI is InChI=1S/C18H31O5P/c1-5-17(24(19,20)21,14-16-12-10-9-11-13-16)15-18(6-2,22-7-3)23-8-4/h9-13H,5-8,14-15H2,1-4H3,(H2,19,20,21)/p-2. The molecular formula is C18H29O5P-2. The van der Waals surface area contributed by atoms with E-state index in [2.05, 4.69) is 0 Å². The minimum absolute atomic E-state index is 0.0356. The van der Waals surface area contributed by atoms with E-state index < -0.39 is 18.5 Å². The Balaban J connectivity index is 3.28. The van der Waals surface area contributed by atoms with Crippen molar-refractivity contribution in [2.75, 3.05) is 13.2 Å². The van der Waals surface area contributed by atoms with Gasteiger partial charge in [-0.05, 0) is 38.7 Å². The van der Waals surface area contributed by atoms with Crippen molar-refractivity contribution in [1.82, 2.24) is 0 Å². The maximum absolute atomic E-state index is 12.3. The first-order chi connectivity index (χ1) is 11.3. The maximum Gasteiger partial charge on any atom is 0.168 e. The second-order valence-electron chi connectivity index (χ2n) is 6.04. The lowest BCUT2D eigenvalue weighted by Crippen LogP contribution is -2.49. The molecule has 24 heavy (non-hydrogen) atoms. The molecule has 0 aliphatic heterocycles. The molecule has 5 nitrogen and oxygen atoms in total. The maximum atomic E-state index is 12.3. The first-order valence-electron chi connectivity index (χ1n) is 8.62. The smallest absolute Gasteiger partial charge is 0.168 e. The van der Waals surface area contributed by atoms with Gasteiger partial charge in [0.25, 0.3) is 0 Å². The average molecular weight is 356 g/mol. The number of rotatable bonds is 11. The van der Waals surface area contributed by atoms with E-state index in [0.717, 1.165) is 5.56 Å². The van der Waals surface area contributed by atoms with Crippen LogP contribution in [0.1, 0.15) is 52.5 Å². The van der Waals surface area contributed by atoms with Gasteiger partial charge in [-0.15, -0.1) is 0 Å². The van der Waals surface area contributed by atoms with E-state index in [1.807, 2.05) is 51.1 Å². The van der Waals surface area contributed by atoms with Crippen LogP contribution in [0.3, 0.4) is 0 Å². The highest BCUT2D eigenvalue weighted by molar-refractivity contribution is 7.50. The molecule has 0 heterocycles. The van der Waals surface area contributed by atoms with E-state index in [-0.39, 0.29) is 19.3 Å². The second kappa shape index (κ2) is 9.12. The Morgan fingerprint density at radius 1 is 0.958 bits per heavy atom. The fraction of sp³-hybridized carbons (Fsp3) is 0.667. The summed E-state index contributed by atoms with van der Waals surface area (Å²) in [6.45, 7) is 8.07. The third-order valence-corrected chi connectivity index (χ3v) is 6.36. The molecule has 1 unspecified atom stereocenters. The molecule has 0 aliphatic carbocycles. The summed E-state index contributed by atoms with van der Waals surface area (Å²) >= 11 is 0. The fourth-order valence-corrected chi connectivity index (χ4v) is 4.37. The zero-order valence-electron chi connectivity index (χ0n) is 15.1. The molecule has 0 fully saturated rings. The topological polar surface area (TPSA) is 81.7 Å². The van der Waals surface area contributed by atoms with E-state index >= 15 is 0 Å². The Hall–Kier alpha value is -0.710. The highest BCUT2D eigenvalue weighted by atomic mass is 31.2. The van der Waals surface area contributed by atoms with Crippen LogP contribution >= 0.6 is 7.60 Å². The SMILES string of the molecule is CCOC(CC)(CC(CC)(Cc1ccccc1)P(=O)([O-])[O-])OCC. The van der Waals surface area contributed by atoms with Crippen molar-refractivity contribution in [2.45, 2.75) is 64.3 Å². The van der Waals surface area contributed by atoms with E-state index in [4.69, 9.17) is 9.47 Å². The highest BCUT2D eigenvalue weighted by Crippen LogP contribution is 2.53. The number of hydrogen-bond donors (Lipinski definition) is 0. The van der Waals surface area contributed by atoms with Crippen LogP contribution in [-0.2, 0) is 20.5 Å². The van der Waals surface area contributed by atoms with Gasteiger partial charge >= 0.3 is 0 Å². The molecule has 0 radical (unpaired) electrons. The minimum Gasteiger partial charge on any atom is -0.810 e. The van der Waals surface area contributed by atoms with Gasteiger partial charge in [0.05, 0.1) is 0 Å². The van der Waals surface area contributed by atoms with Crippen molar-refractivity contribution in [3.63, 3.8) is 0 Å². The van der Waals surface area contributed by atoms with Gasteiger partial charge in [0.2, 0.25) is 0 Å². The predicted octanol–water partition coefficient (Wildman–Crippen LogP) is 2.86. The van der Waals surface area contributed by atoms with Crippen LogP contribution in [0.4, 0.5) is 0 Å². The van der Waals surface area contributed by atoms with Crippen LogP contribution in [0, 0.1) is 0 Å². The van der Waals surface area contributed by atoms with E-state index in [1.54, 1.807) is 6.92 Å². The summed E-state index contributed by atoms with van der Waals surface area (Å²) in [6.07, 6.45) is 0.893. The molecule has 0 bridgehead atoms. The summed E-state index contributed by atoms with van der Waals surface area (Å²) in [5.41, 5.74) is 0.823. The number of benzene rings is 1. The third-order valence-electron chi connectivity index (χ3n) is 4.57. The Bertz CT molecular complexity index is 521. The lowest BCUT2D eigenvalue weighted by Gasteiger charge is -2.53. The molecule has 6 heteroatoms. The van der Waals surface area contributed by atoms with E-state index in [1.165, 1.54) is 0 Å². The quantitative estimate of drug-likeness (QED) is 0.450. The molecule has 0 saturated heterocycles. The predicted molar refractivity (Wildman–Crippen MR) is 91.7 cm³/mol. The summed E-state index contributed by atoms with van der Waals surface area (Å²) < 4.78 is 23.8. The van der Waals surface area contributed by atoms with Gasteiger partial charge in [-0.3, -0.25) is 0 Å². The molecule has 1 rings (SSSR count). The van der Waals surface area contributed by atoms with Crippen LogP contribution < -0.4 is 9.79 Å². The van der Waals surface area contributed by atoms with Crippen molar-refractivity contribution in [3.8, 4) is 0 Å². The summed E-state index contributed by atoms with van der Waals surface area (Å²) in [6, 6.07) is 9.23. The van der Waals surface area contributed by atoms with Crippen LogP contribution in [-0.4, -0.2) is 24.2 Å². The average Bonchev–Trinajstić information content (AvgIpc) is 2.54. The van der Waals surface area contributed by atoms with Crippen molar-refractivity contribution >= 4 is 7.60 Å². The molecule has 1 aromatic rings. The fourth-order valence-electron chi connectivity index (χ4n) is 3.18. The normalized spacial score (nSPS) is 15.2. The van der Waals surface area contributed by atoms with Crippen molar-refractivity contribution in [2.24, 2.45) is 0 Å². The molecular weight excluding hydrogens is 327 g/mol. The summed E-state index contributed by atoms with van der Waals surface area (Å²) in [5, 5.41) is -1.44. The van der Waals surface area contributed by atoms with Gasteiger partial charge in [0.15, 0.2) is 5.79 Å².